The minimum Gasteiger partial charge on any atom is -0.491 e. The topological polar surface area (TPSA) is 77.9 Å². The second kappa shape index (κ2) is 8.57. The van der Waals surface area contributed by atoms with E-state index in [9.17, 15) is 4.79 Å². The second-order valence-electron chi connectivity index (χ2n) is 9.40. The van der Waals surface area contributed by atoms with Gasteiger partial charge in [0.15, 0.2) is 5.69 Å². The van der Waals surface area contributed by atoms with Crippen LogP contribution in [0.4, 0.5) is 0 Å². The van der Waals surface area contributed by atoms with Gasteiger partial charge in [0.2, 0.25) is 5.88 Å². The summed E-state index contributed by atoms with van der Waals surface area (Å²) in [5.41, 5.74) is 1.23. The van der Waals surface area contributed by atoms with Crippen LogP contribution in [-0.4, -0.2) is 71.2 Å². The fourth-order valence-corrected chi connectivity index (χ4v) is 4.86. The maximum atomic E-state index is 12.8. The van der Waals surface area contributed by atoms with E-state index in [0.717, 1.165) is 50.5 Å². The molecule has 9 heteroatoms. The average Bonchev–Trinajstić information content (AvgIpc) is 3.16. The van der Waals surface area contributed by atoms with Crippen molar-refractivity contribution in [3.05, 3.63) is 40.5 Å². The zero-order chi connectivity index (χ0) is 22.3. The summed E-state index contributed by atoms with van der Waals surface area (Å²) in [6, 6.07) is 7.16. The Balaban J connectivity index is 1.19. The van der Waals surface area contributed by atoms with Crippen molar-refractivity contribution >= 4 is 17.5 Å². The number of halogens is 1. The number of amides is 1. The molecule has 5 rings (SSSR count). The molecule has 0 radical (unpaired) electrons. The van der Waals surface area contributed by atoms with Crippen LogP contribution < -0.4 is 14.8 Å². The number of hydrogen-bond acceptors (Lipinski definition) is 6. The second-order valence-corrected chi connectivity index (χ2v) is 9.84. The molecule has 32 heavy (non-hydrogen) atoms. The molecule has 1 N–H and O–H groups in total. The van der Waals surface area contributed by atoms with Gasteiger partial charge in [0, 0.05) is 43.7 Å². The van der Waals surface area contributed by atoms with Crippen LogP contribution in [0.1, 0.15) is 36.3 Å². The first-order chi connectivity index (χ1) is 15.3. The van der Waals surface area contributed by atoms with Crippen molar-refractivity contribution in [1.29, 1.82) is 0 Å². The molecule has 2 aromatic rings. The van der Waals surface area contributed by atoms with E-state index in [4.69, 9.17) is 25.8 Å². The summed E-state index contributed by atoms with van der Waals surface area (Å²) in [5.74, 6) is 1.25. The molecular weight excluding hydrogens is 432 g/mol. The van der Waals surface area contributed by atoms with Gasteiger partial charge in [-0.25, -0.2) is 4.68 Å². The van der Waals surface area contributed by atoms with Crippen molar-refractivity contribution in [2.45, 2.75) is 51.0 Å². The van der Waals surface area contributed by atoms with Gasteiger partial charge >= 0.3 is 0 Å². The van der Waals surface area contributed by atoms with Crippen LogP contribution in [0.15, 0.2) is 24.3 Å². The first-order valence-electron chi connectivity index (χ1n) is 11.2. The van der Waals surface area contributed by atoms with Crippen LogP contribution in [0.3, 0.4) is 0 Å². The van der Waals surface area contributed by atoms with Crippen LogP contribution in [-0.2, 0) is 17.7 Å². The highest BCUT2D eigenvalue weighted by Crippen LogP contribution is 2.28. The van der Waals surface area contributed by atoms with Crippen LogP contribution in [0.5, 0.6) is 11.6 Å². The third kappa shape index (κ3) is 4.72. The molecule has 172 valence electrons. The number of nitrogens with zero attached hydrogens (tertiary/aromatic N) is 3. The highest BCUT2D eigenvalue weighted by molar-refractivity contribution is 6.30. The number of aromatic nitrogens is 2. The maximum absolute atomic E-state index is 12.8. The van der Waals surface area contributed by atoms with Gasteiger partial charge in [-0.1, -0.05) is 11.6 Å². The molecule has 8 nitrogen and oxygen atoms in total. The number of fused-ring (bicyclic) bond motifs is 2. The van der Waals surface area contributed by atoms with E-state index in [1.807, 2.05) is 18.2 Å². The number of ether oxygens (including phenoxy) is 3. The molecule has 1 aromatic heterocycles. The number of nitrogens with one attached hydrogen (secondary N) is 1. The number of benzene rings is 1. The minimum atomic E-state index is -0.221. The molecule has 1 amide bonds. The van der Waals surface area contributed by atoms with Crippen LogP contribution >= 0.6 is 11.6 Å². The summed E-state index contributed by atoms with van der Waals surface area (Å²) in [6.45, 7) is 8.77. The van der Waals surface area contributed by atoms with E-state index >= 15 is 0 Å². The maximum Gasteiger partial charge on any atom is 0.272 e. The average molecular weight is 461 g/mol. The molecule has 1 aromatic carbocycles. The van der Waals surface area contributed by atoms with Crippen molar-refractivity contribution in [2.75, 3.05) is 32.8 Å². The van der Waals surface area contributed by atoms with Gasteiger partial charge in [-0.2, -0.15) is 5.10 Å². The molecule has 0 saturated carbocycles. The summed E-state index contributed by atoms with van der Waals surface area (Å²) in [6.07, 6.45) is 1.61. The zero-order valence-electron chi connectivity index (χ0n) is 18.5. The van der Waals surface area contributed by atoms with E-state index < -0.39 is 0 Å². The van der Waals surface area contributed by atoms with Crippen LogP contribution in [0.25, 0.3) is 0 Å². The van der Waals surface area contributed by atoms with Crippen LogP contribution in [0.2, 0.25) is 5.02 Å². The van der Waals surface area contributed by atoms with Crippen molar-refractivity contribution in [1.82, 2.24) is 20.0 Å². The van der Waals surface area contributed by atoms with Gasteiger partial charge in [0.05, 0.1) is 18.2 Å². The Morgan fingerprint density at radius 2 is 2.19 bits per heavy atom. The summed E-state index contributed by atoms with van der Waals surface area (Å²) < 4.78 is 19.5. The quantitative estimate of drug-likeness (QED) is 0.755. The first-order valence-corrected chi connectivity index (χ1v) is 11.6. The van der Waals surface area contributed by atoms with E-state index in [0.29, 0.717) is 29.6 Å². The van der Waals surface area contributed by atoms with Gasteiger partial charge < -0.3 is 19.5 Å². The lowest BCUT2D eigenvalue weighted by Gasteiger charge is -2.40. The molecule has 3 aliphatic rings. The molecule has 0 bridgehead atoms. The minimum absolute atomic E-state index is 0.0806. The lowest BCUT2D eigenvalue weighted by molar-refractivity contribution is -0.0933. The lowest BCUT2D eigenvalue weighted by atomic mass is 10.0. The molecule has 1 saturated heterocycles. The lowest BCUT2D eigenvalue weighted by Crippen LogP contribution is -2.51. The van der Waals surface area contributed by atoms with Gasteiger partial charge in [-0.3, -0.25) is 9.69 Å². The fraction of sp³-hybridized carbons (Fsp3) is 0.565. The van der Waals surface area contributed by atoms with Crippen molar-refractivity contribution in [3.63, 3.8) is 0 Å². The predicted molar refractivity (Wildman–Crippen MR) is 120 cm³/mol. The highest BCUT2D eigenvalue weighted by Gasteiger charge is 2.31. The van der Waals surface area contributed by atoms with E-state index in [-0.39, 0.29) is 23.7 Å². The Kier molecular flexibility index (Phi) is 5.77. The number of carbonyl (C=O) groups excluding carboxylic acids is 1. The monoisotopic (exact) mass is 460 g/mol. The highest BCUT2D eigenvalue weighted by atomic mass is 35.5. The molecule has 4 heterocycles. The number of rotatable bonds is 4. The van der Waals surface area contributed by atoms with Gasteiger partial charge in [0.25, 0.3) is 5.91 Å². The number of morpholine rings is 1. The molecule has 2 atom stereocenters. The standard InChI is InChI=1S/C23H29ClN4O4/c1-23(2)14-27(7-8-31-23)12-18-5-6-28-21(32-18)11-19(26-28)22(29)25-17-10-15-9-16(24)3-4-20(15)30-13-17/h3-4,9,11,17-18H,5-8,10,12-14H2,1-2H3,(H,25,29)/t17-,18?/m1/s1. The smallest absolute Gasteiger partial charge is 0.272 e. The number of hydrogen-bond donors (Lipinski definition) is 1. The molecule has 0 aliphatic carbocycles. The van der Waals surface area contributed by atoms with E-state index in [1.165, 1.54) is 0 Å². The van der Waals surface area contributed by atoms with Crippen molar-refractivity contribution < 1.29 is 19.0 Å². The first kappa shape index (κ1) is 21.6. The normalized spacial score (nSPS) is 24.6. The summed E-state index contributed by atoms with van der Waals surface area (Å²) in [4.78, 5) is 15.2. The van der Waals surface area contributed by atoms with Gasteiger partial charge in [0.1, 0.15) is 18.5 Å². The van der Waals surface area contributed by atoms with E-state index in [1.54, 1.807) is 10.7 Å². The summed E-state index contributed by atoms with van der Waals surface area (Å²) in [7, 11) is 0. The summed E-state index contributed by atoms with van der Waals surface area (Å²) in [5, 5.41) is 8.15. The molecule has 1 fully saturated rings. The third-order valence-electron chi connectivity index (χ3n) is 6.16. The Morgan fingerprint density at radius 1 is 1.31 bits per heavy atom. The molecular formula is C23H29ClN4O4. The Hall–Kier alpha value is -2.29. The van der Waals surface area contributed by atoms with Gasteiger partial charge in [-0.15, -0.1) is 0 Å². The Morgan fingerprint density at radius 3 is 3.03 bits per heavy atom. The van der Waals surface area contributed by atoms with E-state index in [2.05, 4.69) is 29.2 Å². The predicted octanol–water partition coefficient (Wildman–Crippen LogP) is 2.53. The van der Waals surface area contributed by atoms with Crippen LogP contribution in [0, 0.1) is 0 Å². The number of carbonyl (C=O) groups is 1. The number of aryl methyl sites for hydroxylation is 1. The third-order valence-corrected chi connectivity index (χ3v) is 6.39. The Bertz CT molecular complexity index is 1010. The summed E-state index contributed by atoms with van der Waals surface area (Å²) >= 11 is 6.09. The van der Waals surface area contributed by atoms with Crippen molar-refractivity contribution in [3.8, 4) is 11.6 Å². The zero-order valence-corrected chi connectivity index (χ0v) is 19.2. The largest absolute Gasteiger partial charge is 0.491 e. The fourth-order valence-electron chi connectivity index (χ4n) is 4.66. The van der Waals surface area contributed by atoms with Crippen molar-refractivity contribution in [2.24, 2.45) is 0 Å². The Labute approximate surface area is 192 Å². The molecule has 1 unspecified atom stereocenters. The van der Waals surface area contributed by atoms with Gasteiger partial charge in [-0.05, 0) is 44.0 Å². The SMILES string of the molecule is CC1(C)CN(CC2CCn3nc(C(=O)N[C@H]4COc5ccc(Cl)cc5C4)cc3O2)CCO1. The molecule has 0 spiro atoms. The molecule has 3 aliphatic heterocycles.